The summed E-state index contributed by atoms with van der Waals surface area (Å²) in [6.45, 7) is 6.98. The molecule has 2 aromatic rings. The van der Waals surface area contributed by atoms with Gasteiger partial charge in [-0.25, -0.2) is 0 Å². The second-order valence-electron chi connectivity index (χ2n) is 5.13. The highest BCUT2D eigenvalue weighted by atomic mass is 35.5. The first-order valence-electron chi connectivity index (χ1n) is 7.21. The molecule has 0 saturated heterocycles. The van der Waals surface area contributed by atoms with Gasteiger partial charge in [0.25, 0.3) is 0 Å². The fourth-order valence-corrected chi connectivity index (χ4v) is 2.86. The van der Waals surface area contributed by atoms with Gasteiger partial charge in [0.05, 0.1) is 10.0 Å². The number of nitrogens with two attached hydrogens (primary N) is 1. The Labute approximate surface area is 141 Å². The second-order valence-corrected chi connectivity index (χ2v) is 5.94. The molecule has 1 atom stereocenters. The van der Waals surface area contributed by atoms with Gasteiger partial charge in [0.1, 0.15) is 19.2 Å². The second kappa shape index (κ2) is 8.23. The lowest BCUT2D eigenvalue weighted by Gasteiger charge is -2.13. The van der Waals surface area contributed by atoms with Crippen molar-refractivity contribution in [3.8, 4) is 5.75 Å². The molecule has 0 spiro atoms. The van der Waals surface area contributed by atoms with Crippen LogP contribution in [0.3, 0.4) is 0 Å². The molecule has 2 rings (SSSR count). The summed E-state index contributed by atoms with van der Waals surface area (Å²) in [5.41, 5.74) is 2.37. The number of hydrogen-bond acceptors (Lipinski definition) is 1. The molecule has 2 nitrogen and oxygen atoms in total. The molecule has 22 heavy (non-hydrogen) atoms. The fourth-order valence-electron chi connectivity index (χ4n) is 2.22. The molecule has 0 bridgehead atoms. The van der Waals surface area contributed by atoms with Crippen molar-refractivity contribution in [3.63, 3.8) is 0 Å². The van der Waals surface area contributed by atoms with Crippen molar-refractivity contribution in [2.45, 2.75) is 19.5 Å². The van der Waals surface area contributed by atoms with Crippen LogP contribution in [0.2, 0.25) is 10.0 Å². The molecule has 0 fully saturated rings. The number of quaternary nitrogens is 1. The van der Waals surface area contributed by atoms with Crippen LogP contribution >= 0.6 is 23.2 Å². The molecule has 4 heteroatoms. The molecule has 0 saturated carbocycles. The third-order valence-electron chi connectivity index (χ3n) is 3.44. The molecule has 2 aromatic carbocycles. The highest BCUT2D eigenvalue weighted by Crippen LogP contribution is 2.34. The predicted molar refractivity (Wildman–Crippen MR) is 92.6 cm³/mol. The van der Waals surface area contributed by atoms with Gasteiger partial charge < -0.3 is 10.1 Å². The Morgan fingerprint density at radius 1 is 1.18 bits per heavy atom. The Bertz CT molecular complexity index is 605. The Kier molecular flexibility index (Phi) is 6.32. The molecule has 0 aliphatic heterocycles. The zero-order chi connectivity index (χ0) is 15.9. The number of hydrogen-bond donors (Lipinski definition) is 1. The van der Waals surface area contributed by atoms with Gasteiger partial charge in [0.15, 0.2) is 5.75 Å². The summed E-state index contributed by atoms with van der Waals surface area (Å²) >= 11 is 12.5. The van der Waals surface area contributed by atoms with Crippen molar-refractivity contribution >= 4 is 23.2 Å². The van der Waals surface area contributed by atoms with Crippen LogP contribution in [0.5, 0.6) is 5.75 Å². The lowest BCUT2D eigenvalue weighted by molar-refractivity contribution is -0.707. The summed E-state index contributed by atoms with van der Waals surface area (Å²) in [5, 5.41) is 3.32. The van der Waals surface area contributed by atoms with E-state index >= 15 is 0 Å². The van der Waals surface area contributed by atoms with Crippen LogP contribution in [0, 0.1) is 0 Å². The zero-order valence-corrected chi connectivity index (χ0v) is 14.1. The van der Waals surface area contributed by atoms with Crippen LogP contribution in [0.1, 0.15) is 24.1 Å². The van der Waals surface area contributed by atoms with Crippen LogP contribution in [0.4, 0.5) is 0 Å². The predicted octanol–water partition coefficient (Wildman–Crippen LogP) is 4.38. The lowest BCUT2D eigenvalue weighted by Crippen LogP contribution is -2.83. The normalized spacial score (nSPS) is 12.0. The van der Waals surface area contributed by atoms with Crippen LogP contribution in [0.15, 0.2) is 55.1 Å². The van der Waals surface area contributed by atoms with E-state index in [1.165, 1.54) is 5.56 Å². The average Bonchev–Trinajstić information content (AvgIpc) is 2.52. The highest BCUT2D eigenvalue weighted by Gasteiger charge is 2.12. The minimum absolute atomic E-state index is 0.371. The topological polar surface area (TPSA) is 25.8 Å². The number of halogens is 2. The summed E-state index contributed by atoms with van der Waals surface area (Å²) in [4.78, 5) is 0. The molecule has 0 heterocycles. The summed E-state index contributed by atoms with van der Waals surface area (Å²) < 4.78 is 5.47. The largest absolute Gasteiger partial charge is 0.486 e. The number of rotatable bonds is 7. The molecule has 0 aromatic heterocycles. The molecule has 116 valence electrons. The van der Waals surface area contributed by atoms with Crippen molar-refractivity contribution in [1.29, 1.82) is 0 Å². The average molecular weight is 337 g/mol. The number of benzene rings is 2. The molecule has 0 amide bonds. The Morgan fingerprint density at radius 3 is 2.41 bits per heavy atom. The van der Waals surface area contributed by atoms with E-state index in [9.17, 15) is 0 Å². The molecule has 0 aliphatic carbocycles. The first kappa shape index (κ1) is 16.9. The molecular weight excluding hydrogens is 317 g/mol. The first-order valence-corrected chi connectivity index (χ1v) is 7.97. The van der Waals surface area contributed by atoms with Crippen molar-refractivity contribution in [1.82, 2.24) is 0 Å². The number of ether oxygens (including phenoxy) is 1. The van der Waals surface area contributed by atoms with E-state index in [1.807, 2.05) is 18.2 Å². The maximum atomic E-state index is 6.25. The van der Waals surface area contributed by atoms with Gasteiger partial charge in [0.2, 0.25) is 0 Å². The van der Waals surface area contributed by atoms with E-state index in [4.69, 9.17) is 27.9 Å². The smallest absolute Gasteiger partial charge is 0.156 e. The third-order valence-corrected chi connectivity index (χ3v) is 4.00. The quantitative estimate of drug-likeness (QED) is 0.746. The SMILES string of the molecule is C=CCOc1c(Cl)cc(C[NH2+][C@H](C)c2ccccc2)cc1Cl. The van der Waals surface area contributed by atoms with Gasteiger partial charge in [-0.05, 0) is 19.1 Å². The van der Waals surface area contributed by atoms with E-state index in [-0.39, 0.29) is 0 Å². The maximum absolute atomic E-state index is 6.25. The molecule has 2 N–H and O–H groups in total. The zero-order valence-electron chi connectivity index (χ0n) is 12.6. The lowest BCUT2D eigenvalue weighted by atomic mass is 10.1. The van der Waals surface area contributed by atoms with Crippen molar-refractivity contribution in [2.75, 3.05) is 6.61 Å². The van der Waals surface area contributed by atoms with E-state index in [0.29, 0.717) is 28.4 Å². The van der Waals surface area contributed by atoms with Crippen LogP contribution < -0.4 is 10.1 Å². The first-order chi connectivity index (χ1) is 10.6. The summed E-state index contributed by atoms with van der Waals surface area (Å²) in [6.07, 6.45) is 1.66. The third kappa shape index (κ3) is 4.51. The van der Waals surface area contributed by atoms with Crippen LogP contribution in [0.25, 0.3) is 0 Å². The summed E-state index contributed by atoms with van der Waals surface area (Å²) in [7, 11) is 0. The van der Waals surface area contributed by atoms with E-state index in [1.54, 1.807) is 6.08 Å². The van der Waals surface area contributed by atoms with E-state index < -0.39 is 0 Å². The van der Waals surface area contributed by atoms with Gasteiger partial charge in [-0.3, -0.25) is 0 Å². The van der Waals surface area contributed by atoms with Gasteiger partial charge in [0, 0.05) is 11.1 Å². The standard InChI is InChI=1S/C18H19Cl2NO/c1-3-9-22-18-16(19)10-14(11-17(18)20)12-21-13(2)15-7-5-4-6-8-15/h3-8,10-11,13,21H,1,9,12H2,2H3/p+1/t13-/m1/s1. The molecule has 0 aliphatic rings. The molecule has 0 radical (unpaired) electrons. The minimum Gasteiger partial charge on any atom is -0.486 e. The van der Waals surface area contributed by atoms with E-state index in [0.717, 1.165) is 12.1 Å². The monoisotopic (exact) mass is 336 g/mol. The highest BCUT2D eigenvalue weighted by molar-refractivity contribution is 6.37. The van der Waals surface area contributed by atoms with Gasteiger partial charge in [-0.2, -0.15) is 0 Å². The van der Waals surface area contributed by atoms with Crippen LogP contribution in [-0.4, -0.2) is 6.61 Å². The molecule has 0 unspecified atom stereocenters. The van der Waals surface area contributed by atoms with Gasteiger partial charge in [-0.1, -0.05) is 66.2 Å². The summed E-state index contributed by atoms with van der Waals surface area (Å²) in [5.74, 6) is 0.517. The van der Waals surface area contributed by atoms with Crippen molar-refractivity contribution < 1.29 is 10.1 Å². The van der Waals surface area contributed by atoms with Gasteiger partial charge in [-0.15, -0.1) is 0 Å². The minimum atomic E-state index is 0.371. The summed E-state index contributed by atoms with van der Waals surface area (Å²) in [6, 6.07) is 14.6. The Hall–Kier alpha value is -1.48. The Morgan fingerprint density at radius 2 is 1.82 bits per heavy atom. The van der Waals surface area contributed by atoms with Crippen molar-refractivity contribution in [3.05, 3.63) is 76.3 Å². The van der Waals surface area contributed by atoms with Gasteiger partial charge >= 0.3 is 0 Å². The molecular formula is C18H20Cl2NO+. The maximum Gasteiger partial charge on any atom is 0.156 e. The van der Waals surface area contributed by atoms with Crippen LogP contribution in [-0.2, 0) is 6.54 Å². The fraction of sp³-hybridized carbons (Fsp3) is 0.222. The van der Waals surface area contributed by atoms with E-state index in [2.05, 4.69) is 43.1 Å². The van der Waals surface area contributed by atoms with Crippen molar-refractivity contribution in [2.24, 2.45) is 0 Å². The Balaban J connectivity index is 2.03.